The van der Waals surface area contributed by atoms with Crippen LogP contribution < -0.4 is 16.4 Å². The molecule has 0 saturated heterocycles. The Hall–Kier alpha value is -3.09. The highest BCUT2D eigenvalue weighted by Crippen LogP contribution is 2.09. The Morgan fingerprint density at radius 3 is 2.24 bits per heavy atom. The number of carbonyl (C=O) groups is 3. The molecule has 0 aliphatic heterocycles. The van der Waals surface area contributed by atoms with Gasteiger partial charge in [-0.1, -0.05) is 19.1 Å². The maximum Gasteiger partial charge on any atom is 0.287 e. The van der Waals surface area contributed by atoms with E-state index in [1.54, 1.807) is 24.3 Å². The normalized spacial score (nSPS) is 11.6. The first-order valence-corrected chi connectivity index (χ1v) is 7.98. The average Bonchev–Trinajstić information content (AvgIpc) is 3.10. The summed E-state index contributed by atoms with van der Waals surface area (Å²) in [5, 5.41) is 5.56. The number of benzene rings is 1. The molecule has 0 saturated carbocycles. The zero-order valence-electron chi connectivity index (χ0n) is 14.2. The second kappa shape index (κ2) is 8.14. The van der Waals surface area contributed by atoms with Crippen LogP contribution in [0.25, 0.3) is 0 Å². The van der Waals surface area contributed by atoms with Crippen molar-refractivity contribution in [3.8, 4) is 0 Å². The molecular formula is C18H21N3O4. The Labute approximate surface area is 145 Å². The second-order valence-electron chi connectivity index (χ2n) is 5.69. The average molecular weight is 343 g/mol. The highest BCUT2D eigenvalue weighted by Gasteiger charge is 2.13. The van der Waals surface area contributed by atoms with Gasteiger partial charge in [0.2, 0.25) is 0 Å². The second-order valence-corrected chi connectivity index (χ2v) is 5.69. The van der Waals surface area contributed by atoms with Gasteiger partial charge in [-0.2, -0.15) is 0 Å². The molecule has 1 atom stereocenters. The number of rotatable bonds is 7. The van der Waals surface area contributed by atoms with E-state index in [4.69, 9.17) is 10.2 Å². The molecule has 0 radical (unpaired) electrons. The molecule has 1 heterocycles. The smallest absolute Gasteiger partial charge is 0.287 e. The third-order valence-corrected chi connectivity index (χ3v) is 3.73. The van der Waals surface area contributed by atoms with Crippen LogP contribution >= 0.6 is 0 Å². The summed E-state index contributed by atoms with van der Waals surface area (Å²) in [6.45, 7) is 4.21. The molecule has 25 heavy (non-hydrogen) atoms. The monoisotopic (exact) mass is 343 g/mol. The summed E-state index contributed by atoms with van der Waals surface area (Å²) in [6, 6.07) is 9.80. The van der Waals surface area contributed by atoms with E-state index in [2.05, 4.69) is 10.6 Å². The SMILES string of the molecule is CCC(C)NC(=O)c1ccc(CNC(=O)c2ccc(C(N)=O)o2)cc1. The minimum Gasteiger partial charge on any atom is -0.446 e. The van der Waals surface area contributed by atoms with Crippen LogP contribution in [0.3, 0.4) is 0 Å². The number of amides is 3. The fourth-order valence-corrected chi connectivity index (χ4v) is 2.04. The number of nitrogens with one attached hydrogen (secondary N) is 2. The van der Waals surface area contributed by atoms with Gasteiger partial charge in [0.1, 0.15) is 0 Å². The fourth-order valence-electron chi connectivity index (χ4n) is 2.04. The van der Waals surface area contributed by atoms with Crippen LogP contribution in [0.15, 0.2) is 40.8 Å². The quantitative estimate of drug-likeness (QED) is 0.711. The van der Waals surface area contributed by atoms with Crippen LogP contribution in [0, 0.1) is 0 Å². The number of furan rings is 1. The van der Waals surface area contributed by atoms with Crippen molar-refractivity contribution < 1.29 is 18.8 Å². The molecule has 132 valence electrons. The molecule has 1 aromatic heterocycles. The van der Waals surface area contributed by atoms with Gasteiger partial charge in [-0.05, 0) is 43.2 Å². The highest BCUT2D eigenvalue weighted by atomic mass is 16.4. The maximum absolute atomic E-state index is 12.0. The fraction of sp³-hybridized carbons (Fsp3) is 0.278. The van der Waals surface area contributed by atoms with Crippen LogP contribution in [0.2, 0.25) is 0 Å². The molecule has 1 aromatic carbocycles. The lowest BCUT2D eigenvalue weighted by Crippen LogP contribution is -2.31. The molecule has 0 aliphatic rings. The first kappa shape index (κ1) is 18.3. The Balaban J connectivity index is 1.91. The largest absolute Gasteiger partial charge is 0.446 e. The third-order valence-electron chi connectivity index (χ3n) is 3.73. The van der Waals surface area contributed by atoms with Crippen LogP contribution in [-0.2, 0) is 6.54 Å². The number of carbonyl (C=O) groups excluding carboxylic acids is 3. The van der Waals surface area contributed by atoms with Gasteiger partial charge in [0.15, 0.2) is 11.5 Å². The van der Waals surface area contributed by atoms with E-state index in [1.807, 2.05) is 13.8 Å². The maximum atomic E-state index is 12.0. The summed E-state index contributed by atoms with van der Waals surface area (Å²) >= 11 is 0. The predicted octanol–water partition coefficient (Wildman–Crippen LogP) is 1.84. The molecule has 1 unspecified atom stereocenters. The van der Waals surface area contributed by atoms with Crippen molar-refractivity contribution in [1.82, 2.24) is 10.6 Å². The summed E-state index contributed by atoms with van der Waals surface area (Å²) in [4.78, 5) is 34.9. The number of primary amides is 1. The Kier molecular flexibility index (Phi) is 5.94. The van der Waals surface area contributed by atoms with Gasteiger partial charge in [-0.15, -0.1) is 0 Å². The molecule has 0 aliphatic carbocycles. The molecule has 7 nitrogen and oxygen atoms in total. The van der Waals surface area contributed by atoms with E-state index in [0.717, 1.165) is 12.0 Å². The van der Waals surface area contributed by atoms with Crippen molar-refractivity contribution in [2.45, 2.75) is 32.9 Å². The molecule has 0 bridgehead atoms. The molecule has 3 amide bonds. The Morgan fingerprint density at radius 2 is 1.68 bits per heavy atom. The molecule has 0 spiro atoms. The molecule has 4 N–H and O–H groups in total. The van der Waals surface area contributed by atoms with Crippen molar-refractivity contribution in [3.63, 3.8) is 0 Å². The zero-order valence-corrected chi connectivity index (χ0v) is 14.2. The van der Waals surface area contributed by atoms with Crippen molar-refractivity contribution >= 4 is 17.7 Å². The van der Waals surface area contributed by atoms with E-state index in [9.17, 15) is 14.4 Å². The zero-order chi connectivity index (χ0) is 18.4. The van der Waals surface area contributed by atoms with E-state index >= 15 is 0 Å². The van der Waals surface area contributed by atoms with E-state index in [1.165, 1.54) is 12.1 Å². The topological polar surface area (TPSA) is 114 Å². The van der Waals surface area contributed by atoms with Crippen molar-refractivity contribution in [3.05, 3.63) is 59.0 Å². The van der Waals surface area contributed by atoms with Crippen LogP contribution in [0.5, 0.6) is 0 Å². The third kappa shape index (κ3) is 4.94. The summed E-state index contributed by atoms with van der Waals surface area (Å²) in [5.74, 6) is -1.36. The molecular weight excluding hydrogens is 322 g/mol. The van der Waals surface area contributed by atoms with Crippen molar-refractivity contribution in [2.24, 2.45) is 5.73 Å². The minimum absolute atomic E-state index is 0.0124. The van der Waals surface area contributed by atoms with Gasteiger partial charge < -0.3 is 20.8 Å². The molecule has 2 rings (SSSR count). The number of nitrogens with two attached hydrogens (primary N) is 1. The van der Waals surface area contributed by atoms with Gasteiger partial charge >= 0.3 is 0 Å². The lowest BCUT2D eigenvalue weighted by molar-refractivity contribution is 0.0909. The van der Waals surface area contributed by atoms with Gasteiger partial charge in [-0.3, -0.25) is 14.4 Å². The lowest BCUT2D eigenvalue weighted by atomic mass is 10.1. The minimum atomic E-state index is -0.731. The van der Waals surface area contributed by atoms with Gasteiger partial charge in [-0.25, -0.2) is 0 Å². The Morgan fingerprint density at radius 1 is 1.04 bits per heavy atom. The van der Waals surface area contributed by atoms with Gasteiger partial charge in [0, 0.05) is 18.2 Å². The lowest BCUT2D eigenvalue weighted by Gasteiger charge is -2.11. The summed E-state index contributed by atoms with van der Waals surface area (Å²) < 4.78 is 5.05. The van der Waals surface area contributed by atoms with Crippen LogP contribution in [0.4, 0.5) is 0 Å². The molecule has 7 heteroatoms. The predicted molar refractivity (Wildman–Crippen MR) is 92.1 cm³/mol. The molecule has 2 aromatic rings. The first-order chi connectivity index (χ1) is 11.9. The summed E-state index contributed by atoms with van der Waals surface area (Å²) in [6.07, 6.45) is 0.861. The number of hydrogen-bond donors (Lipinski definition) is 3. The highest BCUT2D eigenvalue weighted by molar-refractivity contribution is 5.95. The van der Waals surface area contributed by atoms with Gasteiger partial charge in [0.25, 0.3) is 17.7 Å². The number of hydrogen-bond acceptors (Lipinski definition) is 4. The Bertz CT molecular complexity index is 765. The van der Waals surface area contributed by atoms with Crippen molar-refractivity contribution in [2.75, 3.05) is 0 Å². The first-order valence-electron chi connectivity index (χ1n) is 7.98. The van der Waals surface area contributed by atoms with E-state index in [-0.39, 0.29) is 30.0 Å². The van der Waals surface area contributed by atoms with Gasteiger partial charge in [0.05, 0.1) is 0 Å². The van der Waals surface area contributed by atoms with Crippen molar-refractivity contribution in [1.29, 1.82) is 0 Å². The van der Waals surface area contributed by atoms with E-state index in [0.29, 0.717) is 5.56 Å². The molecule has 0 fully saturated rings. The van der Waals surface area contributed by atoms with E-state index < -0.39 is 11.8 Å². The van der Waals surface area contributed by atoms with Crippen LogP contribution in [0.1, 0.15) is 57.3 Å². The van der Waals surface area contributed by atoms with Crippen LogP contribution in [-0.4, -0.2) is 23.8 Å². The summed E-state index contributed by atoms with van der Waals surface area (Å²) in [5.41, 5.74) is 6.46. The summed E-state index contributed by atoms with van der Waals surface area (Å²) in [7, 11) is 0. The standard InChI is InChI=1S/C18H21N3O4/c1-3-11(2)21-17(23)13-6-4-12(5-7-13)10-20-18(24)15-9-8-14(25-15)16(19)22/h4-9,11H,3,10H2,1-2H3,(H2,19,22)(H,20,24)(H,21,23).